The first-order valence-corrected chi connectivity index (χ1v) is 11.8. The van der Waals surface area contributed by atoms with E-state index in [1.165, 1.54) is 0 Å². The summed E-state index contributed by atoms with van der Waals surface area (Å²) in [4.78, 5) is 15.2. The Hall–Kier alpha value is -4.31. The Morgan fingerprint density at radius 1 is 1.17 bits per heavy atom. The number of H-pyrrole nitrogens is 1. The zero-order chi connectivity index (χ0) is 24.5. The first-order chi connectivity index (χ1) is 17.0. The number of carbonyl (C=O) groups is 1. The summed E-state index contributed by atoms with van der Waals surface area (Å²) < 4.78 is 5.58. The molecule has 2 atom stereocenters. The van der Waals surface area contributed by atoms with Crippen molar-refractivity contribution < 1.29 is 9.53 Å². The van der Waals surface area contributed by atoms with Gasteiger partial charge >= 0.3 is 0 Å². The van der Waals surface area contributed by atoms with Crippen LogP contribution in [0.15, 0.2) is 83.3 Å². The summed E-state index contributed by atoms with van der Waals surface area (Å²) in [5.41, 5.74) is 11.1. The number of carbonyl (C=O) groups excluding carboxylic acids is 1. The SMILES string of the molecule is CCOc1ccc(C2C(C#N)=C(N)N(c3cc(-c4ccccc4)[nH]n3)C3=C2C(=O)CC(C)C3)cc1. The Labute approximate surface area is 204 Å². The summed E-state index contributed by atoms with van der Waals surface area (Å²) in [7, 11) is 0. The fourth-order valence-electron chi connectivity index (χ4n) is 5.03. The number of anilines is 1. The predicted molar refractivity (Wildman–Crippen MR) is 134 cm³/mol. The van der Waals surface area contributed by atoms with E-state index in [0.717, 1.165) is 28.3 Å². The van der Waals surface area contributed by atoms with Crippen molar-refractivity contribution in [2.45, 2.75) is 32.6 Å². The number of nitrogens with zero attached hydrogens (tertiary/aromatic N) is 3. The first-order valence-electron chi connectivity index (χ1n) is 11.8. The highest BCUT2D eigenvalue weighted by atomic mass is 16.5. The molecule has 0 fully saturated rings. The molecule has 5 rings (SSSR count). The molecule has 2 heterocycles. The fourth-order valence-corrected chi connectivity index (χ4v) is 5.03. The maximum atomic E-state index is 13.5. The molecule has 1 aromatic heterocycles. The highest BCUT2D eigenvalue weighted by Gasteiger charge is 2.42. The number of aromatic nitrogens is 2. The van der Waals surface area contributed by atoms with Gasteiger partial charge in [-0.25, -0.2) is 0 Å². The van der Waals surface area contributed by atoms with E-state index in [-0.39, 0.29) is 11.7 Å². The van der Waals surface area contributed by atoms with Gasteiger partial charge in [0.1, 0.15) is 11.6 Å². The van der Waals surface area contributed by atoms with Crippen LogP contribution in [0.1, 0.15) is 38.2 Å². The minimum absolute atomic E-state index is 0.0432. The van der Waals surface area contributed by atoms with Gasteiger partial charge in [0.05, 0.1) is 29.9 Å². The van der Waals surface area contributed by atoms with Gasteiger partial charge in [-0.3, -0.25) is 14.8 Å². The minimum Gasteiger partial charge on any atom is -0.494 e. The number of ketones is 1. The molecule has 176 valence electrons. The van der Waals surface area contributed by atoms with Crippen LogP contribution in [0.25, 0.3) is 11.3 Å². The Balaban J connectivity index is 1.65. The monoisotopic (exact) mass is 465 g/mol. The summed E-state index contributed by atoms with van der Waals surface area (Å²) >= 11 is 0. The van der Waals surface area contributed by atoms with Crippen molar-refractivity contribution in [3.8, 4) is 23.1 Å². The number of nitrogens with one attached hydrogen (secondary N) is 1. The molecule has 2 aromatic carbocycles. The maximum absolute atomic E-state index is 13.5. The van der Waals surface area contributed by atoms with Crippen molar-refractivity contribution in [1.82, 2.24) is 10.2 Å². The standard InChI is InChI=1S/C28H27N5O2/c1-3-35-20-11-9-19(10-12-20)26-21(16-29)28(30)33(23-13-17(2)14-24(34)27(23)26)25-15-22(31-32-25)18-7-5-4-6-8-18/h4-12,15,17,26H,3,13-14,30H2,1-2H3,(H,31,32). The third-order valence-electron chi connectivity index (χ3n) is 6.57. The van der Waals surface area contributed by atoms with Gasteiger partial charge in [0, 0.05) is 23.8 Å². The Bertz CT molecular complexity index is 1360. The van der Waals surface area contributed by atoms with Crippen molar-refractivity contribution in [1.29, 1.82) is 5.26 Å². The lowest BCUT2D eigenvalue weighted by molar-refractivity contribution is -0.117. The van der Waals surface area contributed by atoms with Gasteiger partial charge in [0.2, 0.25) is 0 Å². The summed E-state index contributed by atoms with van der Waals surface area (Å²) in [5, 5.41) is 17.8. The highest BCUT2D eigenvalue weighted by Crippen LogP contribution is 2.47. The molecule has 35 heavy (non-hydrogen) atoms. The average molecular weight is 466 g/mol. The Morgan fingerprint density at radius 3 is 2.60 bits per heavy atom. The number of nitrogens with two attached hydrogens (primary N) is 1. The van der Waals surface area contributed by atoms with Gasteiger partial charge in [0.15, 0.2) is 11.6 Å². The third-order valence-corrected chi connectivity index (χ3v) is 6.57. The van der Waals surface area contributed by atoms with Gasteiger partial charge in [0.25, 0.3) is 0 Å². The number of hydrogen-bond acceptors (Lipinski definition) is 6. The molecule has 7 nitrogen and oxygen atoms in total. The molecule has 0 bridgehead atoms. The smallest absolute Gasteiger partial charge is 0.161 e. The second-order valence-electron chi connectivity index (χ2n) is 8.98. The van der Waals surface area contributed by atoms with Crippen LogP contribution in [0.4, 0.5) is 5.82 Å². The number of Topliss-reactive ketones (excluding diaryl/α,β-unsaturated/α-hetero) is 1. The lowest BCUT2D eigenvalue weighted by Gasteiger charge is -2.40. The van der Waals surface area contributed by atoms with E-state index in [1.807, 2.05) is 67.6 Å². The zero-order valence-electron chi connectivity index (χ0n) is 19.8. The largest absolute Gasteiger partial charge is 0.494 e. The number of ether oxygens (including phenoxy) is 1. The van der Waals surface area contributed by atoms with E-state index >= 15 is 0 Å². The molecule has 0 spiro atoms. The normalized spacial score (nSPS) is 20.0. The number of allylic oxidation sites excluding steroid dienone is 3. The van der Waals surface area contributed by atoms with E-state index in [9.17, 15) is 10.1 Å². The molecule has 1 aliphatic carbocycles. The molecule has 0 saturated carbocycles. The lowest BCUT2D eigenvalue weighted by Crippen LogP contribution is -2.40. The molecule has 0 amide bonds. The second-order valence-corrected chi connectivity index (χ2v) is 8.98. The van der Waals surface area contributed by atoms with Gasteiger partial charge < -0.3 is 10.5 Å². The van der Waals surface area contributed by atoms with Gasteiger partial charge in [-0.15, -0.1) is 0 Å². The van der Waals surface area contributed by atoms with E-state index in [0.29, 0.717) is 42.2 Å². The molecule has 2 aliphatic rings. The molecular weight excluding hydrogens is 438 g/mol. The van der Waals surface area contributed by atoms with E-state index in [4.69, 9.17) is 10.5 Å². The van der Waals surface area contributed by atoms with Crippen molar-refractivity contribution >= 4 is 11.6 Å². The first kappa shape index (κ1) is 22.5. The minimum atomic E-state index is -0.519. The molecule has 3 aromatic rings. The van der Waals surface area contributed by atoms with Gasteiger partial charge in [-0.1, -0.05) is 49.4 Å². The molecule has 7 heteroatoms. The van der Waals surface area contributed by atoms with Crippen LogP contribution >= 0.6 is 0 Å². The van der Waals surface area contributed by atoms with Crippen molar-refractivity contribution in [3.05, 3.63) is 88.9 Å². The van der Waals surface area contributed by atoms with E-state index < -0.39 is 5.92 Å². The summed E-state index contributed by atoms with van der Waals surface area (Å²) in [6.45, 7) is 4.55. The van der Waals surface area contributed by atoms with Crippen molar-refractivity contribution in [2.75, 3.05) is 11.5 Å². The van der Waals surface area contributed by atoms with Gasteiger partial charge in [-0.2, -0.15) is 10.4 Å². The number of aromatic amines is 1. The molecular formula is C28H27N5O2. The molecule has 0 saturated heterocycles. The van der Waals surface area contributed by atoms with Crippen molar-refractivity contribution in [3.63, 3.8) is 0 Å². The Kier molecular flexibility index (Phi) is 5.87. The predicted octanol–water partition coefficient (Wildman–Crippen LogP) is 5.03. The fraction of sp³-hybridized carbons (Fsp3) is 0.250. The molecule has 0 radical (unpaired) electrons. The van der Waals surface area contributed by atoms with Crippen LogP contribution in [0, 0.1) is 17.2 Å². The summed E-state index contributed by atoms with van der Waals surface area (Å²) in [5.74, 6) is 1.29. The highest BCUT2D eigenvalue weighted by molar-refractivity contribution is 6.01. The Morgan fingerprint density at radius 2 is 1.91 bits per heavy atom. The van der Waals surface area contributed by atoms with Crippen LogP contribution in [-0.4, -0.2) is 22.6 Å². The molecule has 3 N–H and O–H groups in total. The number of rotatable bonds is 5. The van der Waals surface area contributed by atoms with Gasteiger partial charge in [-0.05, 0) is 42.5 Å². The van der Waals surface area contributed by atoms with E-state index in [1.54, 1.807) is 4.90 Å². The van der Waals surface area contributed by atoms with Crippen LogP contribution < -0.4 is 15.4 Å². The summed E-state index contributed by atoms with van der Waals surface area (Å²) in [6, 6.07) is 21.6. The number of hydrogen-bond donors (Lipinski definition) is 2. The number of nitriles is 1. The zero-order valence-corrected chi connectivity index (χ0v) is 19.8. The molecule has 1 aliphatic heterocycles. The third kappa shape index (κ3) is 3.97. The maximum Gasteiger partial charge on any atom is 0.161 e. The van der Waals surface area contributed by atoms with Crippen LogP contribution in [0.2, 0.25) is 0 Å². The lowest BCUT2D eigenvalue weighted by atomic mass is 9.73. The quantitative estimate of drug-likeness (QED) is 0.547. The van der Waals surface area contributed by atoms with Crippen LogP contribution in [0.3, 0.4) is 0 Å². The van der Waals surface area contributed by atoms with E-state index in [2.05, 4.69) is 23.2 Å². The second kappa shape index (κ2) is 9.15. The topological polar surface area (TPSA) is 108 Å². The van der Waals surface area contributed by atoms with Crippen molar-refractivity contribution in [2.24, 2.45) is 11.7 Å². The van der Waals surface area contributed by atoms with Crippen LogP contribution in [-0.2, 0) is 4.79 Å². The average Bonchev–Trinajstić information content (AvgIpc) is 3.34. The number of benzene rings is 2. The van der Waals surface area contributed by atoms with Crippen LogP contribution in [0.5, 0.6) is 5.75 Å². The molecule has 2 unspecified atom stereocenters. The summed E-state index contributed by atoms with van der Waals surface area (Å²) in [6.07, 6.45) is 1.11.